The number of carbonyl (C=O) groups excluding carboxylic acids is 3. The molecular weight excluding hydrogens is 452 g/mol. The third-order valence-electron chi connectivity index (χ3n) is 6.20. The van der Waals surface area contributed by atoms with E-state index >= 15 is 0 Å². The van der Waals surface area contributed by atoms with Crippen LogP contribution in [0.5, 0.6) is 0 Å². The summed E-state index contributed by atoms with van der Waals surface area (Å²) in [4.78, 5) is 53.0. The molecule has 1 aromatic carbocycles. The zero-order valence-corrected chi connectivity index (χ0v) is 20.7. The van der Waals surface area contributed by atoms with Crippen LogP contribution in [0.1, 0.15) is 50.8 Å². The standard InChI is InChI=1S/C25H34N4O6/c1-7-16-8-10-17(11-9-16)15(2)26-22(32)19-12-18(30)14-29(19)23(33)21(27-24(34)35)25(3,4)13-20(31)28(5)6/h1,8-11,15,18-19,21,27,30H,12-14H2,2-6H3,(H,26,32)(H,34,35)/t15-,18+,19-,21?/m0/s1. The van der Waals surface area contributed by atoms with Gasteiger partial charge in [0.2, 0.25) is 17.7 Å². The summed E-state index contributed by atoms with van der Waals surface area (Å²) in [5.41, 5.74) is 0.412. The summed E-state index contributed by atoms with van der Waals surface area (Å²) in [6.45, 7) is 4.87. The lowest BCUT2D eigenvalue weighted by molar-refractivity contribution is -0.143. The Morgan fingerprint density at radius 2 is 1.80 bits per heavy atom. The number of benzene rings is 1. The number of terminal acetylenes is 1. The summed E-state index contributed by atoms with van der Waals surface area (Å²) in [5.74, 6) is 1.10. The lowest BCUT2D eigenvalue weighted by Gasteiger charge is -2.37. The molecule has 10 nitrogen and oxygen atoms in total. The van der Waals surface area contributed by atoms with E-state index in [1.54, 1.807) is 59.1 Å². The fourth-order valence-electron chi connectivity index (χ4n) is 4.10. The van der Waals surface area contributed by atoms with Crippen molar-refractivity contribution in [3.8, 4) is 12.3 Å². The van der Waals surface area contributed by atoms with Crippen molar-refractivity contribution < 1.29 is 29.4 Å². The summed E-state index contributed by atoms with van der Waals surface area (Å²) < 4.78 is 0. The third-order valence-corrected chi connectivity index (χ3v) is 6.20. The molecule has 0 bridgehead atoms. The van der Waals surface area contributed by atoms with Gasteiger partial charge >= 0.3 is 6.09 Å². The maximum Gasteiger partial charge on any atom is 0.405 e. The topological polar surface area (TPSA) is 139 Å². The maximum atomic E-state index is 13.5. The van der Waals surface area contributed by atoms with Crippen LogP contribution in [0.2, 0.25) is 0 Å². The van der Waals surface area contributed by atoms with Gasteiger partial charge in [-0.1, -0.05) is 31.9 Å². The number of carbonyl (C=O) groups is 4. The number of β-amino-alcohol motifs (C(OH)–C–C–N with tert-alkyl or cyclic N) is 1. The quantitative estimate of drug-likeness (QED) is 0.404. The normalized spacial score (nSPS) is 19.3. The summed E-state index contributed by atoms with van der Waals surface area (Å²) in [6.07, 6.45) is 2.91. The molecule has 1 saturated heterocycles. The van der Waals surface area contributed by atoms with Crippen LogP contribution < -0.4 is 10.6 Å². The van der Waals surface area contributed by atoms with Crippen LogP contribution in [-0.4, -0.2) is 82.7 Å². The van der Waals surface area contributed by atoms with Gasteiger partial charge in [-0.3, -0.25) is 14.4 Å². The first-order chi connectivity index (χ1) is 16.3. The van der Waals surface area contributed by atoms with Gasteiger partial charge in [0, 0.05) is 44.5 Å². The number of amides is 4. The van der Waals surface area contributed by atoms with E-state index in [0.717, 1.165) is 5.56 Å². The smallest absolute Gasteiger partial charge is 0.405 e. The highest BCUT2D eigenvalue weighted by Gasteiger charge is 2.46. The van der Waals surface area contributed by atoms with Gasteiger partial charge in [0.25, 0.3) is 0 Å². The number of carboxylic acid groups (broad SMARTS) is 1. The Morgan fingerprint density at radius 3 is 2.31 bits per heavy atom. The van der Waals surface area contributed by atoms with Gasteiger partial charge in [-0.2, -0.15) is 0 Å². The molecule has 35 heavy (non-hydrogen) atoms. The molecule has 190 valence electrons. The molecule has 4 N–H and O–H groups in total. The zero-order chi connectivity index (χ0) is 26.5. The predicted molar refractivity (Wildman–Crippen MR) is 129 cm³/mol. The Morgan fingerprint density at radius 1 is 1.20 bits per heavy atom. The number of likely N-dealkylation sites (tertiary alicyclic amines) is 1. The largest absolute Gasteiger partial charge is 0.465 e. The predicted octanol–water partition coefficient (Wildman–Crippen LogP) is 0.948. The molecule has 1 aliphatic rings. The first-order valence-electron chi connectivity index (χ1n) is 11.3. The van der Waals surface area contributed by atoms with E-state index < -0.39 is 47.6 Å². The molecule has 4 atom stereocenters. The summed E-state index contributed by atoms with van der Waals surface area (Å²) in [7, 11) is 3.14. The Hall–Kier alpha value is -3.58. The second-order valence-corrected chi connectivity index (χ2v) is 9.73. The minimum atomic E-state index is -1.43. The Kier molecular flexibility index (Phi) is 8.88. The van der Waals surface area contributed by atoms with Crippen LogP contribution in [0.15, 0.2) is 24.3 Å². The summed E-state index contributed by atoms with van der Waals surface area (Å²) >= 11 is 0. The van der Waals surface area contributed by atoms with Gasteiger partial charge < -0.3 is 30.6 Å². The van der Waals surface area contributed by atoms with Crippen LogP contribution in [-0.2, 0) is 14.4 Å². The minimum Gasteiger partial charge on any atom is -0.465 e. The fourth-order valence-corrected chi connectivity index (χ4v) is 4.10. The number of aliphatic hydroxyl groups is 1. The van der Waals surface area contributed by atoms with Crippen molar-refractivity contribution in [2.45, 2.75) is 57.8 Å². The third kappa shape index (κ3) is 6.96. The highest BCUT2D eigenvalue weighted by Crippen LogP contribution is 2.30. The molecular formula is C25H34N4O6. The van der Waals surface area contributed by atoms with Gasteiger partial charge in [0.05, 0.1) is 12.1 Å². The van der Waals surface area contributed by atoms with E-state index in [0.29, 0.717) is 5.56 Å². The summed E-state index contributed by atoms with van der Waals surface area (Å²) in [6, 6.07) is 4.40. The SMILES string of the molecule is C#Cc1ccc([C@H](C)NC(=O)[C@@H]2C[C@@H](O)CN2C(=O)C(NC(=O)O)C(C)(C)CC(=O)N(C)C)cc1. The van der Waals surface area contributed by atoms with E-state index in [4.69, 9.17) is 6.42 Å². The van der Waals surface area contributed by atoms with Crippen molar-refractivity contribution in [2.24, 2.45) is 5.41 Å². The number of nitrogens with one attached hydrogen (secondary N) is 2. The lowest BCUT2D eigenvalue weighted by Crippen LogP contribution is -2.58. The Labute approximate surface area is 205 Å². The van der Waals surface area contributed by atoms with Crippen LogP contribution in [0.25, 0.3) is 0 Å². The molecule has 10 heteroatoms. The van der Waals surface area contributed by atoms with Gasteiger partial charge in [0.1, 0.15) is 12.1 Å². The Balaban J connectivity index is 2.24. The Bertz CT molecular complexity index is 998. The molecule has 1 unspecified atom stereocenters. The van der Waals surface area contributed by atoms with Crippen molar-refractivity contribution in [2.75, 3.05) is 20.6 Å². The average molecular weight is 487 g/mol. The van der Waals surface area contributed by atoms with Crippen molar-refractivity contribution in [1.82, 2.24) is 20.4 Å². The van der Waals surface area contributed by atoms with Crippen LogP contribution >= 0.6 is 0 Å². The summed E-state index contributed by atoms with van der Waals surface area (Å²) in [5, 5.41) is 24.7. The highest BCUT2D eigenvalue weighted by atomic mass is 16.4. The van der Waals surface area contributed by atoms with Gasteiger partial charge in [0.15, 0.2) is 0 Å². The van der Waals surface area contributed by atoms with E-state index in [9.17, 15) is 29.4 Å². The van der Waals surface area contributed by atoms with Crippen molar-refractivity contribution >= 4 is 23.8 Å². The fraction of sp³-hybridized carbons (Fsp3) is 0.520. The van der Waals surface area contributed by atoms with Crippen molar-refractivity contribution in [3.05, 3.63) is 35.4 Å². The molecule has 1 aliphatic heterocycles. The molecule has 1 fully saturated rings. The molecule has 0 aliphatic carbocycles. The van der Waals surface area contributed by atoms with Gasteiger partial charge in [-0.05, 0) is 24.6 Å². The molecule has 0 saturated carbocycles. The monoisotopic (exact) mass is 486 g/mol. The van der Waals surface area contributed by atoms with Gasteiger partial charge in [-0.25, -0.2) is 4.79 Å². The second kappa shape index (κ2) is 11.2. The van der Waals surface area contributed by atoms with Crippen LogP contribution in [0, 0.1) is 17.8 Å². The van der Waals surface area contributed by atoms with E-state index in [1.807, 2.05) is 0 Å². The van der Waals surface area contributed by atoms with Crippen molar-refractivity contribution in [3.63, 3.8) is 0 Å². The second-order valence-electron chi connectivity index (χ2n) is 9.73. The first-order valence-corrected chi connectivity index (χ1v) is 11.3. The van der Waals surface area contributed by atoms with Crippen LogP contribution in [0.4, 0.5) is 4.79 Å². The molecule has 1 aromatic rings. The first kappa shape index (κ1) is 27.7. The molecule has 4 amide bonds. The molecule has 0 radical (unpaired) electrons. The number of rotatable bonds is 8. The van der Waals surface area contributed by atoms with Crippen molar-refractivity contribution in [1.29, 1.82) is 0 Å². The number of aliphatic hydroxyl groups excluding tert-OH is 1. The molecule has 0 aromatic heterocycles. The zero-order valence-electron chi connectivity index (χ0n) is 20.7. The van der Waals surface area contributed by atoms with E-state index in [2.05, 4.69) is 16.6 Å². The number of hydrogen-bond donors (Lipinski definition) is 4. The highest BCUT2D eigenvalue weighted by molar-refractivity contribution is 5.93. The van der Waals surface area contributed by atoms with E-state index in [1.165, 1.54) is 9.80 Å². The minimum absolute atomic E-state index is 0.0111. The maximum absolute atomic E-state index is 13.5. The molecule has 2 rings (SSSR count). The van der Waals surface area contributed by atoms with Crippen LogP contribution in [0.3, 0.4) is 0 Å². The molecule has 0 spiro atoms. The lowest BCUT2D eigenvalue weighted by atomic mass is 9.79. The van der Waals surface area contributed by atoms with E-state index in [-0.39, 0.29) is 25.3 Å². The van der Waals surface area contributed by atoms with Gasteiger partial charge in [-0.15, -0.1) is 6.42 Å². The number of hydrogen-bond acceptors (Lipinski definition) is 5. The molecule has 1 heterocycles. The average Bonchev–Trinajstić information content (AvgIpc) is 3.18. The number of nitrogens with zero attached hydrogens (tertiary/aromatic N) is 2.